The molecule has 1 aromatic rings. The van der Waals surface area contributed by atoms with E-state index in [1.807, 2.05) is 0 Å². The molecule has 1 aliphatic rings. The third kappa shape index (κ3) is 2.24. The fourth-order valence-electron chi connectivity index (χ4n) is 1.89. The Hall–Kier alpha value is -0.580. The molecule has 16 heavy (non-hydrogen) atoms. The van der Waals surface area contributed by atoms with Gasteiger partial charge in [-0.25, -0.2) is 8.42 Å². The summed E-state index contributed by atoms with van der Waals surface area (Å²) in [6.07, 6.45) is 0.930. The van der Waals surface area contributed by atoms with Crippen LogP contribution in [0, 0.1) is 5.92 Å². The van der Waals surface area contributed by atoms with E-state index in [0.717, 1.165) is 6.42 Å². The van der Waals surface area contributed by atoms with Crippen LogP contribution in [0.4, 0.5) is 0 Å². The van der Waals surface area contributed by atoms with E-state index in [9.17, 15) is 8.42 Å². The Bertz CT molecular complexity index is 487. The van der Waals surface area contributed by atoms with Gasteiger partial charge in [0.2, 0.25) is 10.0 Å². The molecule has 0 aliphatic carbocycles. The van der Waals surface area contributed by atoms with Gasteiger partial charge >= 0.3 is 0 Å². The summed E-state index contributed by atoms with van der Waals surface area (Å²) in [7, 11) is -3.35. The van der Waals surface area contributed by atoms with Crippen molar-refractivity contribution in [3.8, 4) is 0 Å². The Morgan fingerprint density at radius 1 is 1.44 bits per heavy atom. The Morgan fingerprint density at radius 2 is 2.19 bits per heavy atom. The zero-order chi connectivity index (χ0) is 11.8. The van der Waals surface area contributed by atoms with E-state index in [-0.39, 0.29) is 4.90 Å². The first kappa shape index (κ1) is 11.9. The van der Waals surface area contributed by atoms with Crippen LogP contribution in [0.3, 0.4) is 0 Å². The fourth-order valence-corrected chi connectivity index (χ4v) is 3.77. The van der Waals surface area contributed by atoms with Crippen LogP contribution in [-0.4, -0.2) is 25.8 Å². The Morgan fingerprint density at radius 3 is 2.75 bits per heavy atom. The molecule has 1 aliphatic heterocycles. The topological polar surface area (TPSA) is 37.4 Å². The molecule has 0 amide bonds. The first-order valence-electron chi connectivity index (χ1n) is 5.26. The summed E-state index contributed by atoms with van der Waals surface area (Å²) in [6, 6.07) is 6.42. The van der Waals surface area contributed by atoms with Gasteiger partial charge < -0.3 is 0 Å². The summed E-state index contributed by atoms with van der Waals surface area (Å²) in [5, 5.41) is 0.452. The van der Waals surface area contributed by atoms with Gasteiger partial charge in [0, 0.05) is 18.1 Å². The van der Waals surface area contributed by atoms with Crippen LogP contribution in [-0.2, 0) is 10.0 Å². The lowest BCUT2D eigenvalue weighted by Crippen LogP contribution is -2.28. The van der Waals surface area contributed by atoms with Crippen LogP contribution in [0.25, 0.3) is 0 Å². The van der Waals surface area contributed by atoms with E-state index in [2.05, 4.69) is 6.92 Å². The summed E-state index contributed by atoms with van der Waals surface area (Å²) in [6.45, 7) is 3.28. The van der Waals surface area contributed by atoms with Gasteiger partial charge in [0.15, 0.2) is 0 Å². The maximum atomic E-state index is 12.2. The number of benzene rings is 1. The van der Waals surface area contributed by atoms with Gasteiger partial charge in [-0.1, -0.05) is 24.6 Å². The van der Waals surface area contributed by atoms with Crippen molar-refractivity contribution in [1.29, 1.82) is 0 Å². The number of halogens is 1. The highest BCUT2D eigenvalue weighted by Gasteiger charge is 2.30. The summed E-state index contributed by atoms with van der Waals surface area (Å²) < 4.78 is 25.9. The minimum atomic E-state index is -3.35. The first-order chi connectivity index (χ1) is 7.50. The Kier molecular flexibility index (Phi) is 3.24. The fraction of sp³-hybridized carbons (Fsp3) is 0.455. The lowest BCUT2D eigenvalue weighted by atomic mass is 10.2. The van der Waals surface area contributed by atoms with Gasteiger partial charge in [0.1, 0.15) is 0 Å². The Balaban J connectivity index is 2.32. The smallest absolute Gasteiger partial charge is 0.207 e. The van der Waals surface area contributed by atoms with Crippen LogP contribution >= 0.6 is 11.6 Å². The Labute approximate surface area is 101 Å². The van der Waals surface area contributed by atoms with Crippen molar-refractivity contribution in [2.45, 2.75) is 18.2 Å². The molecule has 1 fully saturated rings. The third-order valence-electron chi connectivity index (χ3n) is 2.82. The van der Waals surface area contributed by atoms with E-state index < -0.39 is 10.0 Å². The third-order valence-corrected chi connectivity index (χ3v) is 4.92. The molecule has 0 bridgehead atoms. The molecule has 1 saturated heterocycles. The predicted molar refractivity (Wildman–Crippen MR) is 64.0 cm³/mol. The minimum absolute atomic E-state index is 0.286. The molecule has 3 nitrogen and oxygen atoms in total. The monoisotopic (exact) mass is 259 g/mol. The zero-order valence-corrected chi connectivity index (χ0v) is 10.6. The average molecular weight is 260 g/mol. The van der Waals surface area contributed by atoms with Crippen LogP contribution < -0.4 is 0 Å². The molecule has 0 radical (unpaired) electrons. The maximum absolute atomic E-state index is 12.2. The average Bonchev–Trinajstić information content (AvgIpc) is 2.65. The number of nitrogens with zero attached hydrogens (tertiary/aromatic N) is 1. The first-order valence-corrected chi connectivity index (χ1v) is 7.07. The molecular weight excluding hydrogens is 246 g/mol. The number of hydrogen-bond donors (Lipinski definition) is 0. The lowest BCUT2D eigenvalue weighted by molar-refractivity contribution is 0.464. The van der Waals surface area contributed by atoms with Crippen molar-refractivity contribution in [3.63, 3.8) is 0 Å². The van der Waals surface area contributed by atoms with Crippen LogP contribution in [0.2, 0.25) is 5.02 Å². The standard InChI is InChI=1S/C11H14ClNO2S/c1-9-5-6-13(8-9)16(14,15)11-4-2-3-10(12)7-11/h2-4,7,9H,5-6,8H2,1H3. The van der Waals surface area contributed by atoms with Crippen molar-refractivity contribution in [3.05, 3.63) is 29.3 Å². The quantitative estimate of drug-likeness (QED) is 0.818. The van der Waals surface area contributed by atoms with E-state index >= 15 is 0 Å². The highest BCUT2D eigenvalue weighted by atomic mass is 35.5. The minimum Gasteiger partial charge on any atom is -0.207 e. The largest absolute Gasteiger partial charge is 0.243 e. The molecule has 1 aromatic carbocycles. The summed E-state index contributed by atoms with van der Waals surface area (Å²) in [5.41, 5.74) is 0. The van der Waals surface area contributed by atoms with E-state index in [1.165, 1.54) is 10.4 Å². The zero-order valence-electron chi connectivity index (χ0n) is 9.06. The number of hydrogen-bond acceptors (Lipinski definition) is 2. The predicted octanol–water partition coefficient (Wildman–Crippen LogP) is 2.37. The van der Waals surface area contributed by atoms with Gasteiger partial charge in [-0.2, -0.15) is 4.31 Å². The molecule has 0 saturated carbocycles. The number of sulfonamides is 1. The second-order valence-electron chi connectivity index (χ2n) is 4.21. The second kappa shape index (κ2) is 4.35. The molecule has 5 heteroatoms. The SMILES string of the molecule is CC1CCN(S(=O)(=O)c2cccc(Cl)c2)C1. The molecule has 1 unspecified atom stereocenters. The van der Waals surface area contributed by atoms with E-state index in [1.54, 1.807) is 18.2 Å². The van der Waals surface area contributed by atoms with Gasteiger partial charge in [0.05, 0.1) is 4.90 Å². The molecule has 1 atom stereocenters. The van der Waals surface area contributed by atoms with Gasteiger partial charge in [-0.05, 0) is 30.5 Å². The van der Waals surface area contributed by atoms with Crippen LogP contribution in [0.15, 0.2) is 29.2 Å². The molecule has 0 aromatic heterocycles. The summed E-state index contributed by atoms with van der Waals surface area (Å²) in [4.78, 5) is 0.286. The second-order valence-corrected chi connectivity index (χ2v) is 6.59. The number of rotatable bonds is 2. The molecule has 88 valence electrons. The maximum Gasteiger partial charge on any atom is 0.243 e. The van der Waals surface area contributed by atoms with Gasteiger partial charge in [0.25, 0.3) is 0 Å². The molecular formula is C11H14ClNO2S. The molecule has 0 spiro atoms. The highest BCUT2D eigenvalue weighted by molar-refractivity contribution is 7.89. The lowest BCUT2D eigenvalue weighted by Gasteiger charge is -2.15. The molecule has 1 heterocycles. The highest BCUT2D eigenvalue weighted by Crippen LogP contribution is 2.25. The summed E-state index contributed by atoms with van der Waals surface area (Å²) >= 11 is 5.80. The van der Waals surface area contributed by atoms with Crippen molar-refractivity contribution in [2.75, 3.05) is 13.1 Å². The van der Waals surface area contributed by atoms with Crippen LogP contribution in [0.5, 0.6) is 0 Å². The van der Waals surface area contributed by atoms with Crippen molar-refractivity contribution in [1.82, 2.24) is 4.31 Å². The molecule has 2 rings (SSSR count). The van der Waals surface area contributed by atoms with Crippen molar-refractivity contribution >= 4 is 21.6 Å². The van der Waals surface area contributed by atoms with E-state index in [4.69, 9.17) is 11.6 Å². The normalized spacial score (nSPS) is 22.5. The summed E-state index contributed by atoms with van der Waals surface area (Å²) in [5.74, 6) is 0.439. The van der Waals surface area contributed by atoms with Crippen molar-refractivity contribution < 1.29 is 8.42 Å². The molecule has 0 N–H and O–H groups in total. The van der Waals surface area contributed by atoms with E-state index in [0.29, 0.717) is 24.0 Å². The van der Waals surface area contributed by atoms with Gasteiger partial charge in [-0.15, -0.1) is 0 Å². The van der Waals surface area contributed by atoms with Crippen molar-refractivity contribution in [2.24, 2.45) is 5.92 Å². The van der Waals surface area contributed by atoms with Gasteiger partial charge in [-0.3, -0.25) is 0 Å². The van der Waals surface area contributed by atoms with Crippen LogP contribution in [0.1, 0.15) is 13.3 Å².